The van der Waals surface area contributed by atoms with Gasteiger partial charge in [0.15, 0.2) is 0 Å². The Morgan fingerprint density at radius 2 is 1.71 bits per heavy atom. The van der Waals surface area contributed by atoms with Crippen LogP contribution < -0.4 is 10.2 Å². The standard InChI is InChI=1S/C17H19FN2O/c18-17-4-2-1-3-14(17)13-19-15-5-7-16(8-6-15)20-9-11-21-12-10-20/h1-8,19H,9-13H2. The molecule has 0 aromatic heterocycles. The van der Waals surface area contributed by atoms with E-state index in [1.807, 2.05) is 18.2 Å². The van der Waals surface area contributed by atoms with E-state index in [0.29, 0.717) is 12.1 Å². The largest absolute Gasteiger partial charge is 0.381 e. The van der Waals surface area contributed by atoms with Gasteiger partial charge in [-0.05, 0) is 30.3 Å². The average molecular weight is 286 g/mol. The van der Waals surface area contributed by atoms with Gasteiger partial charge in [0.25, 0.3) is 0 Å². The van der Waals surface area contributed by atoms with Crippen molar-refractivity contribution in [2.24, 2.45) is 0 Å². The highest BCUT2D eigenvalue weighted by Crippen LogP contribution is 2.19. The summed E-state index contributed by atoms with van der Waals surface area (Å²) < 4.78 is 18.9. The third kappa shape index (κ3) is 3.52. The van der Waals surface area contributed by atoms with Crippen LogP contribution in [-0.2, 0) is 11.3 Å². The summed E-state index contributed by atoms with van der Waals surface area (Å²) in [4.78, 5) is 2.31. The molecule has 0 unspecified atom stereocenters. The van der Waals surface area contributed by atoms with Gasteiger partial charge in [-0.15, -0.1) is 0 Å². The molecule has 0 saturated carbocycles. The molecule has 21 heavy (non-hydrogen) atoms. The van der Waals surface area contributed by atoms with Gasteiger partial charge in [0, 0.05) is 36.6 Å². The molecule has 0 amide bonds. The smallest absolute Gasteiger partial charge is 0.128 e. The average Bonchev–Trinajstić information content (AvgIpc) is 2.55. The molecule has 0 bridgehead atoms. The fourth-order valence-electron chi connectivity index (χ4n) is 2.45. The first kappa shape index (κ1) is 13.9. The van der Waals surface area contributed by atoms with Gasteiger partial charge in [-0.1, -0.05) is 18.2 Å². The second-order valence-corrected chi connectivity index (χ2v) is 5.09. The first-order chi connectivity index (χ1) is 10.3. The maximum absolute atomic E-state index is 13.5. The molecular weight excluding hydrogens is 267 g/mol. The third-order valence-corrected chi connectivity index (χ3v) is 3.68. The molecule has 1 heterocycles. The second kappa shape index (κ2) is 6.59. The Bertz CT molecular complexity index is 580. The number of halogens is 1. The van der Waals surface area contributed by atoms with E-state index in [0.717, 1.165) is 32.0 Å². The Hall–Kier alpha value is -2.07. The highest BCUT2D eigenvalue weighted by molar-refractivity contribution is 5.55. The van der Waals surface area contributed by atoms with E-state index in [1.54, 1.807) is 12.1 Å². The molecule has 0 spiro atoms. The number of benzene rings is 2. The summed E-state index contributed by atoms with van der Waals surface area (Å²) in [7, 11) is 0. The number of morpholine rings is 1. The summed E-state index contributed by atoms with van der Waals surface area (Å²) in [6.45, 7) is 3.92. The van der Waals surface area contributed by atoms with Crippen LogP contribution in [0.2, 0.25) is 0 Å². The van der Waals surface area contributed by atoms with Gasteiger partial charge in [-0.25, -0.2) is 4.39 Å². The molecule has 1 N–H and O–H groups in total. The fraction of sp³-hybridized carbons (Fsp3) is 0.294. The quantitative estimate of drug-likeness (QED) is 0.933. The number of ether oxygens (including phenoxy) is 1. The van der Waals surface area contributed by atoms with Gasteiger partial charge in [-0.2, -0.15) is 0 Å². The molecule has 1 aliphatic rings. The van der Waals surface area contributed by atoms with Gasteiger partial charge in [0.1, 0.15) is 5.82 Å². The predicted octanol–water partition coefficient (Wildman–Crippen LogP) is 3.27. The topological polar surface area (TPSA) is 24.5 Å². The zero-order chi connectivity index (χ0) is 14.5. The van der Waals surface area contributed by atoms with Crippen molar-refractivity contribution in [1.82, 2.24) is 0 Å². The number of hydrogen-bond donors (Lipinski definition) is 1. The number of rotatable bonds is 4. The zero-order valence-electron chi connectivity index (χ0n) is 11.9. The van der Waals surface area contributed by atoms with Crippen molar-refractivity contribution in [3.63, 3.8) is 0 Å². The van der Waals surface area contributed by atoms with Gasteiger partial charge in [0.05, 0.1) is 13.2 Å². The summed E-state index contributed by atoms with van der Waals surface area (Å²) in [6, 6.07) is 15.1. The lowest BCUT2D eigenvalue weighted by Crippen LogP contribution is -2.36. The van der Waals surface area contributed by atoms with Crippen molar-refractivity contribution in [3.8, 4) is 0 Å². The molecule has 110 valence electrons. The van der Waals surface area contributed by atoms with Crippen LogP contribution >= 0.6 is 0 Å². The van der Waals surface area contributed by atoms with E-state index in [-0.39, 0.29) is 5.82 Å². The molecule has 0 radical (unpaired) electrons. The van der Waals surface area contributed by atoms with Gasteiger partial charge in [-0.3, -0.25) is 0 Å². The van der Waals surface area contributed by atoms with Crippen molar-refractivity contribution in [1.29, 1.82) is 0 Å². The summed E-state index contributed by atoms with van der Waals surface area (Å²) in [5, 5.41) is 3.25. The monoisotopic (exact) mass is 286 g/mol. The molecular formula is C17H19FN2O. The Morgan fingerprint density at radius 1 is 1.00 bits per heavy atom. The molecule has 1 aliphatic heterocycles. The molecule has 4 heteroatoms. The fourth-order valence-corrected chi connectivity index (χ4v) is 2.45. The van der Waals surface area contributed by atoms with Crippen LogP contribution in [0.25, 0.3) is 0 Å². The Kier molecular flexibility index (Phi) is 4.36. The molecule has 0 atom stereocenters. The summed E-state index contributed by atoms with van der Waals surface area (Å²) in [6.07, 6.45) is 0. The minimum atomic E-state index is -0.171. The van der Waals surface area contributed by atoms with Crippen molar-refractivity contribution < 1.29 is 9.13 Å². The van der Waals surface area contributed by atoms with Crippen LogP contribution in [0.3, 0.4) is 0 Å². The lowest BCUT2D eigenvalue weighted by molar-refractivity contribution is 0.122. The lowest BCUT2D eigenvalue weighted by Gasteiger charge is -2.28. The van der Waals surface area contributed by atoms with Crippen LogP contribution in [-0.4, -0.2) is 26.3 Å². The maximum atomic E-state index is 13.5. The van der Waals surface area contributed by atoms with E-state index in [9.17, 15) is 4.39 Å². The SMILES string of the molecule is Fc1ccccc1CNc1ccc(N2CCOCC2)cc1. The van der Waals surface area contributed by atoms with E-state index >= 15 is 0 Å². The molecule has 3 nitrogen and oxygen atoms in total. The number of anilines is 2. The highest BCUT2D eigenvalue weighted by Gasteiger charge is 2.10. The van der Waals surface area contributed by atoms with Gasteiger partial charge < -0.3 is 15.0 Å². The van der Waals surface area contributed by atoms with Crippen LogP contribution in [0.1, 0.15) is 5.56 Å². The van der Waals surface area contributed by atoms with E-state index in [4.69, 9.17) is 4.74 Å². The van der Waals surface area contributed by atoms with Crippen molar-refractivity contribution >= 4 is 11.4 Å². The van der Waals surface area contributed by atoms with Crippen molar-refractivity contribution in [2.75, 3.05) is 36.5 Å². The maximum Gasteiger partial charge on any atom is 0.128 e. The van der Waals surface area contributed by atoms with Crippen molar-refractivity contribution in [2.45, 2.75) is 6.54 Å². The number of nitrogens with one attached hydrogen (secondary N) is 1. The van der Waals surface area contributed by atoms with Gasteiger partial charge >= 0.3 is 0 Å². The molecule has 1 saturated heterocycles. The highest BCUT2D eigenvalue weighted by atomic mass is 19.1. The molecule has 2 aromatic carbocycles. The number of nitrogens with zero attached hydrogens (tertiary/aromatic N) is 1. The van der Waals surface area contributed by atoms with Crippen LogP contribution in [0.4, 0.5) is 15.8 Å². The lowest BCUT2D eigenvalue weighted by atomic mass is 10.2. The van der Waals surface area contributed by atoms with E-state index in [1.165, 1.54) is 11.8 Å². The van der Waals surface area contributed by atoms with Crippen molar-refractivity contribution in [3.05, 3.63) is 59.9 Å². The predicted molar refractivity (Wildman–Crippen MR) is 83.2 cm³/mol. The number of hydrogen-bond acceptors (Lipinski definition) is 3. The molecule has 3 rings (SSSR count). The van der Waals surface area contributed by atoms with Crippen LogP contribution in [0.15, 0.2) is 48.5 Å². The normalized spacial score (nSPS) is 15.0. The summed E-state index contributed by atoms with van der Waals surface area (Å²) in [5.74, 6) is -0.171. The molecule has 0 aliphatic carbocycles. The summed E-state index contributed by atoms with van der Waals surface area (Å²) in [5.41, 5.74) is 2.87. The van der Waals surface area contributed by atoms with E-state index < -0.39 is 0 Å². The third-order valence-electron chi connectivity index (χ3n) is 3.68. The van der Waals surface area contributed by atoms with E-state index in [2.05, 4.69) is 22.3 Å². The van der Waals surface area contributed by atoms with Crippen LogP contribution in [0, 0.1) is 5.82 Å². The first-order valence-corrected chi connectivity index (χ1v) is 7.23. The zero-order valence-corrected chi connectivity index (χ0v) is 11.9. The molecule has 1 fully saturated rings. The Balaban J connectivity index is 1.60. The summed E-state index contributed by atoms with van der Waals surface area (Å²) >= 11 is 0. The first-order valence-electron chi connectivity index (χ1n) is 7.23. The minimum absolute atomic E-state index is 0.171. The van der Waals surface area contributed by atoms with Crippen LogP contribution in [0.5, 0.6) is 0 Å². The molecule has 2 aromatic rings. The second-order valence-electron chi connectivity index (χ2n) is 5.09. The Morgan fingerprint density at radius 3 is 2.43 bits per heavy atom. The minimum Gasteiger partial charge on any atom is -0.381 e. The van der Waals surface area contributed by atoms with Gasteiger partial charge in [0.2, 0.25) is 0 Å². The Labute approximate surface area is 124 Å².